The van der Waals surface area contributed by atoms with E-state index in [2.05, 4.69) is 15.4 Å². The first-order chi connectivity index (χ1) is 14.3. The summed E-state index contributed by atoms with van der Waals surface area (Å²) in [6, 6.07) is 8.42. The van der Waals surface area contributed by atoms with Gasteiger partial charge in [-0.05, 0) is 43.5 Å². The molecule has 9 heteroatoms. The minimum absolute atomic E-state index is 0.147. The summed E-state index contributed by atoms with van der Waals surface area (Å²) in [5, 5.41) is 8.07. The summed E-state index contributed by atoms with van der Waals surface area (Å²) in [7, 11) is -1.63. The van der Waals surface area contributed by atoms with E-state index >= 15 is 0 Å². The number of aryl methyl sites for hydroxylation is 2. The first kappa shape index (κ1) is 20.5. The molecular weight excluding hydrogens is 402 g/mol. The van der Waals surface area contributed by atoms with E-state index in [1.807, 2.05) is 20.0 Å². The molecule has 0 unspecified atom stereocenters. The van der Waals surface area contributed by atoms with Gasteiger partial charge in [-0.25, -0.2) is 13.4 Å². The van der Waals surface area contributed by atoms with Crippen molar-refractivity contribution in [3.8, 4) is 0 Å². The fourth-order valence-electron chi connectivity index (χ4n) is 3.80. The maximum atomic E-state index is 12.7. The number of hydrogen-bond acceptors (Lipinski definition) is 5. The lowest BCUT2D eigenvalue weighted by Gasteiger charge is -2.25. The molecule has 0 bridgehead atoms. The van der Waals surface area contributed by atoms with Gasteiger partial charge in [0.05, 0.1) is 28.9 Å². The van der Waals surface area contributed by atoms with Crippen molar-refractivity contribution < 1.29 is 13.2 Å². The van der Waals surface area contributed by atoms with E-state index < -0.39 is 10.0 Å². The summed E-state index contributed by atoms with van der Waals surface area (Å²) < 4.78 is 28.7. The highest BCUT2D eigenvalue weighted by atomic mass is 32.2. The molecular formula is C21H25N5O3S. The molecule has 1 aromatic carbocycles. The number of rotatable bonds is 5. The molecule has 0 aliphatic carbocycles. The third kappa shape index (κ3) is 4.08. The smallest absolute Gasteiger partial charge is 0.243 e. The molecule has 1 N–H and O–H groups in total. The van der Waals surface area contributed by atoms with Crippen molar-refractivity contribution in [3.63, 3.8) is 0 Å². The Morgan fingerprint density at radius 1 is 1.13 bits per heavy atom. The van der Waals surface area contributed by atoms with Crippen LogP contribution in [-0.2, 0) is 28.3 Å². The zero-order valence-corrected chi connectivity index (χ0v) is 17.9. The third-order valence-corrected chi connectivity index (χ3v) is 7.30. The zero-order chi connectivity index (χ0) is 21.3. The van der Waals surface area contributed by atoms with Crippen molar-refractivity contribution in [1.29, 1.82) is 0 Å². The average molecular weight is 428 g/mol. The Bertz CT molecular complexity index is 1180. The molecule has 1 fully saturated rings. The van der Waals surface area contributed by atoms with Crippen LogP contribution >= 0.6 is 0 Å². The maximum absolute atomic E-state index is 12.7. The molecule has 0 saturated carbocycles. The maximum Gasteiger partial charge on any atom is 0.243 e. The number of nitrogens with zero attached hydrogens (tertiary/aromatic N) is 4. The minimum atomic E-state index is -3.46. The summed E-state index contributed by atoms with van der Waals surface area (Å²) in [5.74, 6) is -0.190. The Labute approximate surface area is 176 Å². The lowest BCUT2D eigenvalue weighted by Crippen LogP contribution is -2.35. The molecule has 8 nitrogen and oxygen atoms in total. The molecule has 1 aliphatic heterocycles. The molecule has 0 radical (unpaired) electrons. The monoisotopic (exact) mass is 427 g/mol. The molecule has 2 aromatic heterocycles. The Morgan fingerprint density at radius 3 is 2.53 bits per heavy atom. The number of carbonyl (C=O) groups excluding carboxylic acids is 1. The van der Waals surface area contributed by atoms with E-state index in [-0.39, 0.29) is 17.2 Å². The van der Waals surface area contributed by atoms with Gasteiger partial charge < -0.3 is 5.32 Å². The van der Waals surface area contributed by atoms with E-state index in [9.17, 15) is 13.2 Å². The van der Waals surface area contributed by atoms with E-state index in [1.54, 1.807) is 39.4 Å². The van der Waals surface area contributed by atoms with E-state index in [0.717, 1.165) is 41.6 Å². The summed E-state index contributed by atoms with van der Waals surface area (Å²) in [6.07, 6.45) is 4.63. The normalized spacial score (nSPS) is 15.4. The number of anilines is 1. The van der Waals surface area contributed by atoms with E-state index in [1.165, 1.54) is 0 Å². The number of amides is 1. The zero-order valence-electron chi connectivity index (χ0n) is 17.1. The second kappa shape index (κ2) is 8.16. The van der Waals surface area contributed by atoms with Gasteiger partial charge in [-0.15, -0.1) is 0 Å². The Morgan fingerprint density at radius 2 is 1.83 bits per heavy atom. The van der Waals surface area contributed by atoms with Crippen LogP contribution in [0.4, 0.5) is 5.69 Å². The lowest BCUT2D eigenvalue weighted by molar-refractivity contribution is -0.115. The third-order valence-electron chi connectivity index (χ3n) is 5.39. The van der Waals surface area contributed by atoms with Crippen LogP contribution in [0.15, 0.2) is 41.4 Å². The van der Waals surface area contributed by atoms with Gasteiger partial charge in [0.15, 0.2) is 5.65 Å². The molecule has 158 valence electrons. The van der Waals surface area contributed by atoms with E-state index in [0.29, 0.717) is 18.8 Å². The second-order valence-corrected chi connectivity index (χ2v) is 9.58. The molecule has 3 heterocycles. The number of hydrogen-bond donors (Lipinski definition) is 1. The summed E-state index contributed by atoms with van der Waals surface area (Å²) in [5.41, 5.74) is 2.96. The highest BCUT2D eigenvalue weighted by Gasteiger charge is 2.25. The molecule has 0 atom stereocenters. The van der Waals surface area contributed by atoms with Crippen LogP contribution in [0.3, 0.4) is 0 Å². The first-order valence-electron chi connectivity index (χ1n) is 10.0. The van der Waals surface area contributed by atoms with Crippen molar-refractivity contribution in [2.24, 2.45) is 7.05 Å². The summed E-state index contributed by atoms with van der Waals surface area (Å²) >= 11 is 0. The number of aromatic nitrogens is 3. The number of pyridine rings is 1. The topological polar surface area (TPSA) is 97.2 Å². The Kier molecular flexibility index (Phi) is 5.57. The van der Waals surface area contributed by atoms with Crippen LogP contribution < -0.4 is 5.32 Å². The van der Waals surface area contributed by atoms with Crippen LogP contribution in [0.25, 0.3) is 11.0 Å². The highest BCUT2D eigenvalue weighted by Crippen LogP contribution is 2.22. The van der Waals surface area contributed by atoms with Crippen molar-refractivity contribution >= 4 is 32.7 Å². The quantitative estimate of drug-likeness (QED) is 0.675. The van der Waals surface area contributed by atoms with Gasteiger partial charge in [-0.2, -0.15) is 9.40 Å². The number of benzene rings is 1. The number of carbonyl (C=O) groups is 1. The van der Waals surface area contributed by atoms with Crippen LogP contribution in [0, 0.1) is 6.92 Å². The predicted octanol–water partition coefficient (Wildman–Crippen LogP) is 2.63. The molecule has 4 rings (SSSR count). The lowest BCUT2D eigenvalue weighted by atomic mass is 10.1. The van der Waals surface area contributed by atoms with Gasteiger partial charge >= 0.3 is 0 Å². The number of nitrogens with one attached hydrogen (secondary N) is 1. The van der Waals surface area contributed by atoms with Crippen molar-refractivity contribution in [2.75, 3.05) is 18.4 Å². The molecule has 30 heavy (non-hydrogen) atoms. The number of piperidine rings is 1. The molecule has 1 saturated heterocycles. The van der Waals surface area contributed by atoms with Crippen molar-refractivity contribution in [2.45, 2.75) is 37.5 Å². The Balaban J connectivity index is 1.43. The van der Waals surface area contributed by atoms with E-state index in [4.69, 9.17) is 0 Å². The van der Waals surface area contributed by atoms with Gasteiger partial charge in [-0.1, -0.05) is 18.6 Å². The fourth-order valence-corrected chi connectivity index (χ4v) is 5.32. The van der Waals surface area contributed by atoms with Crippen LogP contribution in [0.5, 0.6) is 0 Å². The van der Waals surface area contributed by atoms with Gasteiger partial charge in [0, 0.05) is 25.5 Å². The largest absolute Gasteiger partial charge is 0.324 e. The fraction of sp³-hybridized carbons (Fsp3) is 0.381. The summed E-state index contributed by atoms with van der Waals surface area (Å²) in [6.45, 7) is 3.04. The van der Waals surface area contributed by atoms with Gasteiger partial charge in [0.1, 0.15) is 0 Å². The highest BCUT2D eigenvalue weighted by molar-refractivity contribution is 7.89. The van der Waals surface area contributed by atoms with Crippen LogP contribution in [0.1, 0.15) is 30.5 Å². The molecule has 3 aromatic rings. The standard InChI is InChI=1S/C21H25N5O3S/c1-15-19-13-17(14-22-21(19)25(2)24-15)23-20(27)12-16-6-8-18(9-7-16)30(28,29)26-10-4-3-5-11-26/h6-9,13-14H,3-5,10-12H2,1-2H3,(H,23,27). The minimum Gasteiger partial charge on any atom is -0.324 e. The molecule has 0 spiro atoms. The van der Waals surface area contributed by atoms with Crippen LogP contribution in [0.2, 0.25) is 0 Å². The van der Waals surface area contributed by atoms with Gasteiger partial charge in [-0.3, -0.25) is 9.48 Å². The van der Waals surface area contributed by atoms with Gasteiger partial charge in [0.2, 0.25) is 15.9 Å². The SMILES string of the molecule is Cc1nn(C)c2ncc(NC(=O)Cc3ccc(S(=O)(=O)N4CCCCC4)cc3)cc12. The second-order valence-electron chi connectivity index (χ2n) is 7.64. The number of fused-ring (bicyclic) bond motifs is 1. The van der Waals surface area contributed by atoms with Gasteiger partial charge in [0.25, 0.3) is 0 Å². The number of sulfonamides is 1. The summed E-state index contributed by atoms with van der Waals surface area (Å²) in [4.78, 5) is 17.1. The van der Waals surface area contributed by atoms with Crippen molar-refractivity contribution in [3.05, 3.63) is 47.8 Å². The first-order valence-corrected chi connectivity index (χ1v) is 11.5. The average Bonchev–Trinajstić information content (AvgIpc) is 3.02. The van der Waals surface area contributed by atoms with Crippen LogP contribution in [-0.4, -0.2) is 46.5 Å². The molecule has 1 aliphatic rings. The predicted molar refractivity (Wildman–Crippen MR) is 115 cm³/mol. The molecule has 1 amide bonds. The van der Waals surface area contributed by atoms with Crippen molar-refractivity contribution in [1.82, 2.24) is 19.1 Å². The Hall–Kier alpha value is -2.78.